The van der Waals surface area contributed by atoms with Crippen LogP contribution >= 0.6 is 15.9 Å². The van der Waals surface area contributed by atoms with Crippen LogP contribution in [0.4, 0.5) is 4.39 Å². The van der Waals surface area contributed by atoms with Crippen LogP contribution in [-0.4, -0.2) is 55.8 Å². The van der Waals surface area contributed by atoms with Crippen molar-refractivity contribution in [2.45, 2.75) is 25.8 Å². The molecule has 1 aliphatic rings. The van der Waals surface area contributed by atoms with Crippen molar-refractivity contribution in [1.82, 2.24) is 10.2 Å². The molecular weight excluding hydrogens is 415 g/mol. The Morgan fingerprint density at radius 2 is 1.96 bits per heavy atom. The molecule has 0 radical (unpaired) electrons. The van der Waals surface area contributed by atoms with Gasteiger partial charge in [-0.1, -0.05) is 22.0 Å². The smallest absolute Gasteiger partial charge is 0.244 e. The summed E-state index contributed by atoms with van der Waals surface area (Å²) < 4.78 is 37.1. The van der Waals surface area contributed by atoms with Gasteiger partial charge in [-0.05, 0) is 31.0 Å². The number of hydrogen-bond acceptors (Lipinski definition) is 4. The minimum Gasteiger partial charge on any atom is -0.345 e. The van der Waals surface area contributed by atoms with E-state index in [-0.39, 0.29) is 55.1 Å². The lowest BCUT2D eigenvalue weighted by atomic mass is 10.1. The second kappa shape index (κ2) is 8.27. The van der Waals surface area contributed by atoms with E-state index < -0.39 is 15.9 Å². The van der Waals surface area contributed by atoms with E-state index >= 15 is 0 Å². The number of hydrogen-bond donors (Lipinski definition) is 1. The molecule has 1 aliphatic heterocycles. The van der Waals surface area contributed by atoms with Gasteiger partial charge in [-0.25, -0.2) is 12.8 Å². The van der Waals surface area contributed by atoms with E-state index in [0.29, 0.717) is 10.0 Å². The van der Waals surface area contributed by atoms with Gasteiger partial charge < -0.3 is 10.2 Å². The van der Waals surface area contributed by atoms with E-state index in [4.69, 9.17) is 0 Å². The van der Waals surface area contributed by atoms with E-state index in [1.807, 2.05) is 0 Å². The minimum absolute atomic E-state index is 0.0533. The molecule has 0 bridgehead atoms. The zero-order valence-electron chi connectivity index (χ0n) is 13.8. The second-order valence-electron chi connectivity index (χ2n) is 6.00. The lowest BCUT2D eigenvalue weighted by Crippen LogP contribution is -2.51. The monoisotopic (exact) mass is 434 g/mol. The summed E-state index contributed by atoms with van der Waals surface area (Å²) in [4.78, 5) is 25.7. The largest absolute Gasteiger partial charge is 0.345 e. The zero-order chi connectivity index (χ0) is 18.6. The molecule has 2 rings (SSSR count). The Morgan fingerprint density at radius 1 is 1.32 bits per heavy atom. The van der Waals surface area contributed by atoms with Gasteiger partial charge in [0.15, 0.2) is 9.84 Å². The number of halogens is 2. The number of sulfone groups is 1. The molecule has 0 saturated carbocycles. The van der Waals surface area contributed by atoms with Crippen molar-refractivity contribution < 1.29 is 22.4 Å². The molecule has 6 nitrogen and oxygen atoms in total. The molecule has 138 valence electrons. The van der Waals surface area contributed by atoms with Crippen LogP contribution in [0.15, 0.2) is 22.7 Å². The van der Waals surface area contributed by atoms with E-state index in [9.17, 15) is 22.4 Å². The molecule has 1 atom stereocenters. The number of amides is 2. The first-order chi connectivity index (χ1) is 11.7. The van der Waals surface area contributed by atoms with Crippen molar-refractivity contribution in [2.75, 3.05) is 24.6 Å². The van der Waals surface area contributed by atoms with Crippen LogP contribution in [0.3, 0.4) is 0 Å². The predicted octanol–water partition coefficient (Wildman–Crippen LogP) is 1.28. The summed E-state index contributed by atoms with van der Waals surface area (Å²) in [6, 6.07) is 3.90. The third kappa shape index (κ3) is 5.78. The van der Waals surface area contributed by atoms with Crippen molar-refractivity contribution in [1.29, 1.82) is 0 Å². The van der Waals surface area contributed by atoms with Gasteiger partial charge >= 0.3 is 0 Å². The molecule has 1 aromatic carbocycles. The van der Waals surface area contributed by atoms with E-state index in [1.54, 1.807) is 19.1 Å². The van der Waals surface area contributed by atoms with E-state index in [0.717, 1.165) is 0 Å². The highest BCUT2D eigenvalue weighted by molar-refractivity contribution is 9.10. The lowest BCUT2D eigenvalue weighted by molar-refractivity contribution is -0.135. The molecule has 1 unspecified atom stereocenters. The topological polar surface area (TPSA) is 83.6 Å². The first-order valence-corrected chi connectivity index (χ1v) is 10.5. The maximum absolute atomic E-state index is 13.7. The minimum atomic E-state index is -3.06. The Bertz CT molecular complexity index is 755. The van der Waals surface area contributed by atoms with Gasteiger partial charge in [0.2, 0.25) is 11.8 Å². The quantitative estimate of drug-likeness (QED) is 0.756. The van der Waals surface area contributed by atoms with Crippen molar-refractivity contribution in [3.63, 3.8) is 0 Å². The van der Waals surface area contributed by atoms with Crippen LogP contribution < -0.4 is 5.32 Å². The Balaban J connectivity index is 1.82. The zero-order valence-corrected chi connectivity index (χ0v) is 16.2. The third-order valence-corrected chi connectivity index (χ3v) is 6.14. The molecule has 9 heteroatoms. The maximum atomic E-state index is 13.7. The number of rotatable bonds is 5. The van der Waals surface area contributed by atoms with Crippen molar-refractivity contribution >= 4 is 37.6 Å². The van der Waals surface area contributed by atoms with E-state index in [1.165, 1.54) is 11.0 Å². The highest BCUT2D eigenvalue weighted by Gasteiger charge is 2.28. The summed E-state index contributed by atoms with van der Waals surface area (Å²) in [6.07, 6.45) is 0.290. The van der Waals surface area contributed by atoms with Crippen LogP contribution in [0.2, 0.25) is 0 Å². The molecular formula is C16H20BrFN2O4S. The van der Waals surface area contributed by atoms with Gasteiger partial charge in [0.05, 0.1) is 11.5 Å². The summed E-state index contributed by atoms with van der Waals surface area (Å²) in [5, 5.41) is 2.59. The van der Waals surface area contributed by atoms with Gasteiger partial charge in [-0.3, -0.25) is 9.59 Å². The lowest BCUT2D eigenvalue weighted by Gasteiger charge is -2.29. The number of carbonyl (C=O) groups excluding carboxylic acids is 2. The molecule has 1 aromatic rings. The summed E-state index contributed by atoms with van der Waals surface area (Å²) in [7, 11) is -3.06. The first-order valence-electron chi connectivity index (χ1n) is 7.90. The van der Waals surface area contributed by atoms with Gasteiger partial charge in [-0.2, -0.15) is 0 Å². The highest BCUT2D eigenvalue weighted by atomic mass is 79.9. The molecule has 0 spiro atoms. The number of carbonyl (C=O) groups is 2. The third-order valence-electron chi connectivity index (χ3n) is 4.04. The van der Waals surface area contributed by atoms with Crippen LogP contribution in [0.1, 0.15) is 18.9 Å². The Labute approximate surface area is 154 Å². The highest BCUT2D eigenvalue weighted by Crippen LogP contribution is 2.16. The van der Waals surface area contributed by atoms with Crippen LogP contribution in [0, 0.1) is 5.82 Å². The summed E-state index contributed by atoms with van der Waals surface area (Å²) in [5.41, 5.74) is 0.429. The molecule has 1 heterocycles. The van der Waals surface area contributed by atoms with E-state index in [2.05, 4.69) is 21.2 Å². The van der Waals surface area contributed by atoms with Crippen molar-refractivity contribution in [3.8, 4) is 0 Å². The molecule has 1 N–H and O–H groups in total. The molecule has 25 heavy (non-hydrogen) atoms. The number of benzene rings is 1. The average Bonchev–Trinajstić information content (AvgIpc) is 2.53. The SMILES string of the molecule is CC(NC(=O)CCc1ccc(Br)cc1F)C(=O)N1CCS(=O)(=O)CC1. The van der Waals surface area contributed by atoms with Gasteiger partial charge in [0.1, 0.15) is 11.9 Å². The molecule has 0 aliphatic carbocycles. The van der Waals surface area contributed by atoms with Crippen molar-refractivity contribution in [3.05, 3.63) is 34.1 Å². The van der Waals surface area contributed by atoms with Crippen LogP contribution in [-0.2, 0) is 25.8 Å². The maximum Gasteiger partial charge on any atom is 0.244 e. The molecule has 0 aromatic heterocycles. The normalized spacial score (nSPS) is 17.8. The van der Waals surface area contributed by atoms with Crippen LogP contribution in [0.5, 0.6) is 0 Å². The van der Waals surface area contributed by atoms with Gasteiger partial charge in [0.25, 0.3) is 0 Å². The second-order valence-corrected chi connectivity index (χ2v) is 9.22. The molecule has 1 saturated heterocycles. The standard InChI is InChI=1S/C16H20BrFN2O4S/c1-11(16(22)20-6-8-25(23,24)9-7-20)19-15(21)5-3-12-2-4-13(17)10-14(12)18/h2,4,10-11H,3,5-9H2,1H3,(H,19,21). The summed E-state index contributed by atoms with van der Waals surface area (Å²) >= 11 is 3.17. The summed E-state index contributed by atoms with van der Waals surface area (Å²) in [5.74, 6) is -1.16. The Morgan fingerprint density at radius 3 is 2.56 bits per heavy atom. The Kier molecular flexibility index (Phi) is 6.56. The number of aryl methyl sites for hydroxylation is 1. The van der Waals surface area contributed by atoms with Crippen LogP contribution in [0.25, 0.3) is 0 Å². The fraction of sp³-hybridized carbons (Fsp3) is 0.500. The average molecular weight is 435 g/mol. The van der Waals surface area contributed by atoms with Crippen molar-refractivity contribution in [2.24, 2.45) is 0 Å². The summed E-state index contributed by atoms with van der Waals surface area (Å²) in [6.45, 7) is 1.85. The number of nitrogens with zero attached hydrogens (tertiary/aromatic N) is 1. The Hall–Kier alpha value is -1.48. The fourth-order valence-corrected chi connectivity index (χ4v) is 4.09. The first kappa shape index (κ1) is 19.8. The van der Waals surface area contributed by atoms with Gasteiger partial charge in [0, 0.05) is 24.0 Å². The molecule has 1 fully saturated rings. The van der Waals surface area contributed by atoms with Gasteiger partial charge in [-0.15, -0.1) is 0 Å². The predicted molar refractivity (Wildman–Crippen MR) is 95.3 cm³/mol. The fourth-order valence-electron chi connectivity index (χ4n) is 2.55. The number of nitrogens with one attached hydrogen (secondary N) is 1. The molecule has 2 amide bonds.